The van der Waals surface area contributed by atoms with Gasteiger partial charge in [-0.3, -0.25) is 4.79 Å². The standard InChI is InChI=1S/C15H7BrF4N2O/c16-9-5-7(4-8(6-9)15(18,19)20)13-21-12-10(14(23)22-13)2-1-3-11(12)17/h1-6H,(H,21,22,23). The van der Waals surface area contributed by atoms with E-state index in [-0.39, 0.29) is 26.8 Å². The van der Waals surface area contributed by atoms with Crippen LogP contribution < -0.4 is 5.56 Å². The first kappa shape index (κ1) is 15.7. The van der Waals surface area contributed by atoms with E-state index < -0.39 is 23.1 Å². The lowest BCUT2D eigenvalue weighted by Gasteiger charge is -2.10. The second-order valence-electron chi connectivity index (χ2n) is 4.78. The minimum Gasteiger partial charge on any atom is -0.306 e. The molecular formula is C15H7BrF4N2O. The predicted molar refractivity (Wildman–Crippen MR) is 80.5 cm³/mol. The van der Waals surface area contributed by atoms with Crippen molar-refractivity contribution in [3.05, 3.63) is 62.6 Å². The summed E-state index contributed by atoms with van der Waals surface area (Å²) in [5, 5.41) is 0.0276. The van der Waals surface area contributed by atoms with Crippen LogP contribution in [-0.2, 0) is 6.18 Å². The van der Waals surface area contributed by atoms with E-state index in [0.29, 0.717) is 0 Å². The van der Waals surface area contributed by atoms with Gasteiger partial charge in [0.2, 0.25) is 0 Å². The highest BCUT2D eigenvalue weighted by atomic mass is 79.9. The fraction of sp³-hybridized carbons (Fsp3) is 0.0667. The molecule has 3 aromatic rings. The molecule has 0 saturated carbocycles. The quantitative estimate of drug-likeness (QED) is 0.625. The molecule has 0 radical (unpaired) electrons. The molecule has 0 saturated heterocycles. The molecule has 3 nitrogen and oxygen atoms in total. The van der Waals surface area contributed by atoms with Gasteiger partial charge in [-0.05, 0) is 30.3 Å². The lowest BCUT2D eigenvalue weighted by Crippen LogP contribution is -2.11. The highest BCUT2D eigenvalue weighted by Crippen LogP contribution is 2.34. The van der Waals surface area contributed by atoms with Crippen molar-refractivity contribution >= 4 is 26.8 Å². The first-order valence-corrected chi connectivity index (χ1v) is 7.12. The Morgan fingerprint density at radius 1 is 1.13 bits per heavy atom. The van der Waals surface area contributed by atoms with Crippen LogP contribution in [0.5, 0.6) is 0 Å². The number of benzene rings is 2. The third-order valence-electron chi connectivity index (χ3n) is 3.19. The first-order chi connectivity index (χ1) is 10.8. The van der Waals surface area contributed by atoms with Crippen molar-refractivity contribution in [3.8, 4) is 11.4 Å². The van der Waals surface area contributed by atoms with E-state index in [0.717, 1.165) is 18.2 Å². The van der Waals surface area contributed by atoms with E-state index in [2.05, 4.69) is 25.9 Å². The summed E-state index contributed by atoms with van der Waals surface area (Å²) in [6.07, 6.45) is -4.55. The Balaban J connectivity index is 2.27. The van der Waals surface area contributed by atoms with Crippen molar-refractivity contribution in [3.63, 3.8) is 0 Å². The molecular weight excluding hydrogens is 380 g/mol. The highest BCUT2D eigenvalue weighted by Gasteiger charge is 2.31. The largest absolute Gasteiger partial charge is 0.416 e. The van der Waals surface area contributed by atoms with Crippen LogP contribution in [0.25, 0.3) is 22.3 Å². The van der Waals surface area contributed by atoms with Crippen molar-refractivity contribution in [2.75, 3.05) is 0 Å². The van der Waals surface area contributed by atoms with Crippen molar-refractivity contribution in [2.45, 2.75) is 6.18 Å². The molecule has 0 aliphatic rings. The molecule has 0 amide bonds. The number of aromatic amines is 1. The summed E-state index contributed by atoms with van der Waals surface area (Å²) in [4.78, 5) is 18.3. The number of halogens is 5. The Morgan fingerprint density at radius 3 is 2.57 bits per heavy atom. The molecule has 118 valence electrons. The fourth-order valence-electron chi connectivity index (χ4n) is 2.15. The van der Waals surface area contributed by atoms with Gasteiger partial charge in [0.1, 0.15) is 17.2 Å². The zero-order valence-electron chi connectivity index (χ0n) is 11.2. The lowest BCUT2D eigenvalue weighted by molar-refractivity contribution is -0.137. The number of hydrogen-bond acceptors (Lipinski definition) is 2. The van der Waals surface area contributed by atoms with E-state index in [1.807, 2.05) is 0 Å². The van der Waals surface area contributed by atoms with Gasteiger partial charge in [0, 0.05) is 10.0 Å². The summed E-state index contributed by atoms with van der Waals surface area (Å²) >= 11 is 2.99. The molecule has 0 aliphatic carbocycles. The predicted octanol–water partition coefficient (Wildman–Crippen LogP) is 4.51. The number of hydrogen-bond donors (Lipinski definition) is 1. The molecule has 8 heteroatoms. The molecule has 0 aliphatic heterocycles. The number of para-hydroxylation sites is 1. The highest BCUT2D eigenvalue weighted by molar-refractivity contribution is 9.10. The van der Waals surface area contributed by atoms with E-state index in [4.69, 9.17) is 0 Å². The van der Waals surface area contributed by atoms with Gasteiger partial charge in [-0.25, -0.2) is 9.37 Å². The van der Waals surface area contributed by atoms with Gasteiger partial charge in [0.15, 0.2) is 0 Å². The summed E-state index contributed by atoms with van der Waals surface area (Å²) < 4.78 is 52.6. The monoisotopic (exact) mass is 386 g/mol. The molecule has 1 aromatic heterocycles. The number of nitrogens with one attached hydrogen (secondary N) is 1. The average molecular weight is 387 g/mol. The van der Waals surface area contributed by atoms with E-state index in [9.17, 15) is 22.4 Å². The van der Waals surface area contributed by atoms with Crippen LogP contribution >= 0.6 is 15.9 Å². The summed E-state index contributed by atoms with van der Waals surface area (Å²) in [6, 6.07) is 6.98. The Morgan fingerprint density at radius 2 is 1.87 bits per heavy atom. The van der Waals surface area contributed by atoms with E-state index in [1.54, 1.807) is 0 Å². The molecule has 0 unspecified atom stereocenters. The van der Waals surface area contributed by atoms with E-state index >= 15 is 0 Å². The van der Waals surface area contributed by atoms with Crippen molar-refractivity contribution < 1.29 is 17.6 Å². The van der Waals surface area contributed by atoms with Gasteiger partial charge in [-0.1, -0.05) is 22.0 Å². The second-order valence-corrected chi connectivity index (χ2v) is 5.69. The number of H-pyrrole nitrogens is 1. The normalized spacial score (nSPS) is 11.9. The molecule has 0 atom stereocenters. The van der Waals surface area contributed by atoms with Crippen LogP contribution in [0.3, 0.4) is 0 Å². The van der Waals surface area contributed by atoms with Crippen LogP contribution in [0.1, 0.15) is 5.56 Å². The number of fused-ring (bicyclic) bond motifs is 1. The van der Waals surface area contributed by atoms with Gasteiger partial charge in [0.05, 0.1) is 10.9 Å². The van der Waals surface area contributed by atoms with Crippen molar-refractivity contribution in [1.29, 1.82) is 0 Å². The average Bonchev–Trinajstić information content (AvgIpc) is 2.46. The zero-order chi connectivity index (χ0) is 16.8. The summed E-state index contributed by atoms with van der Waals surface area (Å²) in [6.45, 7) is 0. The van der Waals surface area contributed by atoms with Crippen LogP contribution in [0.15, 0.2) is 45.7 Å². The third kappa shape index (κ3) is 2.98. The maximum Gasteiger partial charge on any atom is 0.416 e. The van der Waals surface area contributed by atoms with Gasteiger partial charge >= 0.3 is 6.18 Å². The van der Waals surface area contributed by atoms with Crippen LogP contribution in [-0.4, -0.2) is 9.97 Å². The van der Waals surface area contributed by atoms with Crippen LogP contribution in [0, 0.1) is 5.82 Å². The Bertz CT molecular complexity index is 966. The first-order valence-electron chi connectivity index (χ1n) is 6.32. The topological polar surface area (TPSA) is 45.8 Å². The molecule has 0 spiro atoms. The molecule has 3 rings (SSSR count). The van der Waals surface area contributed by atoms with Crippen LogP contribution in [0.4, 0.5) is 17.6 Å². The maximum atomic E-state index is 13.8. The minimum absolute atomic E-state index is 0.0222. The lowest BCUT2D eigenvalue weighted by atomic mass is 10.1. The van der Waals surface area contributed by atoms with Crippen molar-refractivity contribution in [1.82, 2.24) is 9.97 Å². The number of rotatable bonds is 1. The third-order valence-corrected chi connectivity index (χ3v) is 3.64. The SMILES string of the molecule is O=c1[nH]c(-c2cc(Br)cc(C(F)(F)F)c2)nc2c(F)cccc12. The zero-order valence-corrected chi connectivity index (χ0v) is 12.8. The maximum absolute atomic E-state index is 13.8. The van der Waals surface area contributed by atoms with Gasteiger partial charge in [-0.2, -0.15) is 13.2 Å². The molecule has 2 aromatic carbocycles. The van der Waals surface area contributed by atoms with E-state index in [1.165, 1.54) is 18.2 Å². The smallest absolute Gasteiger partial charge is 0.306 e. The molecule has 1 heterocycles. The summed E-state index contributed by atoms with van der Waals surface area (Å²) in [5.41, 5.74) is -1.70. The molecule has 0 bridgehead atoms. The minimum atomic E-state index is -4.55. The van der Waals surface area contributed by atoms with Gasteiger partial charge < -0.3 is 4.98 Å². The Kier molecular flexibility index (Phi) is 3.71. The fourth-order valence-corrected chi connectivity index (χ4v) is 2.65. The van der Waals surface area contributed by atoms with Crippen molar-refractivity contribution in [2.24, 2.45) is 0 Å². The number of aromatic nitrogens is 2. The van der Waals surface area contributed by atoms with Crippen LogP contribution in [0.2, 0.25) is 0 Å². The number of nitrogens with zero attached hydrogens (tertiary/aromatic N) is 1. The summed E-state index contributed by atoms with van der Waals surface area (Å²) in [7, 11) is 0. The van der Waals surface area contributed by atoms with Gasteiger partial charge in [0.25, 0.3) is 5.56 Å². The second kappa shape index (κ2) is 5.45. The summed E-state index contributed by atoms with van der Waals surface area (Å²) in [5.74, 6) is -0.861. The Hall–Kier alpha value is -2.22. The molecule has 0 fully saturated rings. The molecule has 23 heavy (non-hydrogen) atoms. The van der Waals surface area contributed by atoms with Gasteiger partial charge in [-0.15, -0.1) is 0 Å². The number of alkyl halides is 3. The molecule has 1 N–H and O–H groups in total. The Labute approximate surface area is 135 Å².